The Bertz CT molecular complexity index is 436. The molecule has 1 heterocycles. The molecule has 18 heavy (non-hydrogen) atoms. The maximum absolute atomic E-state index is 11.8. The summed E-state index contributed by atoms with van der Waals surface area (Å²) in [5.41, 5.74) is 1.05. The summed E-state index contributed by atoms with van der Waals surface area (Å²) in [6.07, 6.45) is 3.33. The van der Waals surface area contributed by atoms with Gasteiger partial charge in [-0.2, -0.15) is 0 Å². The molecule has 0 radical (unpaired) electrons. The van der Waals surface area contributed by atoms with Crippen LogP contribution in [0.25, 0.3) is 0 Å². The molecule has 0 saturated carbocycles. The van der Waals surface area contributed by atoms with Gasteiger partial charge in [0.25, 0.3) is 5.69 Å². The third-order valence-electron chi connectivity index (χ3n) is 3.23. The van der Waals surface area contributed by atoms with Crippen LogP contribution in [0.3, 0.4) is 0 Å². The van der Waals surface area contributed by atoms with Crippen molar-refractivity contribution in [3.05, 3.63) is 39.9 Å². The molecule has 0 N–H and O–H groups in total. The first-order valence-corrected chi connectivity index (χ1v) is 6.18. The van der Waals surface area contributed by atoms with Gasteiger partial charge < -0.3 is 4.90 Å². The van der Waals surface area contributed by atoms with E-state index in [-0.39, 0.29) is 11.6 Å². The Morgan fingerprint density at radius 3 is 2.39 bits per heavy atom. The monoisotopic (exact) mass is 248 g/mol. The molecule has 5 heteroatoms. The highest BCUT2D eigenvalue weighted by Gasteiger charge is 2.17. The van der Waals surface area contributed by atoms with Crippen LogP contribution in [0.4, 0.5) is 5.69 Å². The number of carbonyl (C=O) groups excluding carboxylic acids is 1. The van der Waals surface area contributed by atoms with Crippen molar-refractivity contribution >= 4 is 11.6 Å². The van der Waals surface area contributed by atoms with E-state index in [4.69, 9.17) is 0 Å². The van der Waals surface area contributed by atoms with Crippen molar-refractivity contribution in [3.63, 3.8) is 0 Å². The molecule has 1 saturated heterocycles. The van der Waals surface area contributed by atoms with Crippen LogP contribution in [0.5, 0.6) is 0 Å². The largest absolute Gasteiger partial charge is 0.343 e. The summed E-state index contributed by atoms with van der Waals surface area (Å²) >= 11 is 0. The van der Waals surface area contributed by atoms with Crippen molar-refractivity contribution < 1.29 is 9.72 Å². The molecule has 0 aliphatic carbocycles. The van der Waals surface area contributed by atoms with Crippen LogP contribution in [-0.4, -0.2) is 28.8 Å². The van der Waals surface area contributed by atoms with Gasteiger partial charge >= 0.3 is 0 Å². The number of non-ortho nitro benzene ring substituents is 1. The van der Waals surface area contributed by atoms with Crippen molar-refractivity contribution in [3.8, 4) is 0 Å². The molecular formula is C13H16N2O3. The van der Waals surface area contributed by atoms with Gasteiger partial charge in [-0.05, 0) is 24.8 Å². The van der Waals surface area contributed by atoms with Gasteiger partial charge in [0, 0.05) is 31.6 Å². The maximum Gasteiger partial charge on any atom is 0.269 e. The number of hydrogen-bond acceptors (Lipinski definition) is 3. The van der Waals surface area contributed by atoms with E-state index >= 15 is 0 Å². The molecule has 0 bridgehead atoms. The Kier molecular flexibility index (Phi) is 3.92. The van der Waals surface area contributed by atoms with Crippen LogP contribution >= 0.6 is 0 Å². The third-order valence-corrected chi connectivity index (χ3v) is 3.23. The van der Waals surface area contributed by atoms with Crippen LogP contribution in [0, 0.1) is 10.1 Å². The molecule has 0 spiro atoms. The number of carbonyl (C=O) groups is 1. The van der Waals surface area contributed by atoms with Gasteiger partial charge in [-0.15, -0.1) is 0 Å². The fourth-order valence-electron chi connectivity index (χ4n) is 2.16. The van der Waals surface area contributed by atoms with Gasteiger partial charge in [0.05, 0.1) is 4.92 Å². The fourth-order valence-corrected chi connectivity index (χ4v) is 2.16. The van der Waals surface area contributed by atoms with E-state index in [1.807, 2.05) is 4.90 Å². The number of nitrogens with zero attached hydrogens (tertiary/aromatic N) is 2. The van der Waals surface area contributed by atoms with Crippen LogP contribution in [0.1, 0.15) is 24.8 Å². The first kappa shape index (κ1) is 12.5. The standard InChI is InChI=1S/C13H16N2O3/c16-13(14-9-1-2-10-14)8-5-11-3-6-12(7-4-11)15(17)18/h3-4,6-7H,1-2,5,8-10H2. The number of nitro benzene ring substituents is 1. The van der Waals surface area contributed by atoms with Crippen molar-refractivity contribution in [1.29, 1.82) is 0 Å². The second-order valence-corrected chi connectivity index (χ2v) is 4.51. The highest BCUT2D eigenvalue weighted by Crippen LogP contribution is 2.14. The summed E-state index contributed by atoms with van der Waals surface area (Å²) in [5.74, 6) is 0.186. The maximum atomic E-state index is 11.8. The van der Waals surface area contributed by atoms with E-state index in [9.17, 15) is 14.9 Å². The van der Waals surface area contributed by atoms with E-state index < -0.39 is 4.92 Å². The number of amides is 1. The molecule has 1 aliphatic rings. The van der Waals surface area contributed by atoms with Crippen LogP contribution < -0.4 is 0 Å². The number of rotatable bonds is 4. The molecule has 1 fully saturated rings. The molecule has 0 unspecified atom stereocenters. The molecule has 0 atom stereocenters. The quantitative estimate of drug-likeness (QED) is 0.605. The molecule has 2 rings (SSSR count). The Morgan fingerprint density at radius 2 is 1.83 bits per heavy atom. The lowest BCUT2D eigenvalue weighted by molar-refractivity contribution is -0.384. The Labute approximate surface area is 106 Å². The summed E-state index contributed by atoms with van der Waals surface area (Å²) in [7, 11) is 0. The molecule has 1 aromatic carbocycles. The summed E-state index contributed by atoms with van der Waals surface area (Å²) in [6.45, 7) is 1.75. The van der Waals surface area contributed by atoms with E-state index in [1.54, 1.807) is 12.1 Å². The molecule has 0 aromatic heterocycles. The second kappa shape index (κ2) is 5.62. The molecule has 1 aromatic rings. The first-order valence-electron chi connectivity index (χ1n) is 6.18. The summed E-state index contributed by atoms with van der Waals surface area (Å²) in [4.78, 5) is 23.8. The lowest BCUT2D eigenvalue weighted by Gasteiger charge is -2.14. The summed E-state index contributed by atoms with van der Waals surface area (Å²) in [5, 5.41) is 10.5. The summed E-state index contributed by atoms with van der Waals surface area (Å²) < 4.78 is 0. The Hall–Kier alpha value is -1.91. The van der Waals surface area contributed by atoms with E-state index in [1.165, 1.54) is 12.1 Å². The number of nitro groups is 1. The zero-order chi connectivity index (χ0) is 13.0. The number of aryl methyl sites for hydroxylation is 1. The van der Waals surface area contributed by atoms with Crippen molar-refractivity contribution in [1.82, 2.24) is 4.90 Å². The zero-order valence-corrected chi connectivity index (χ0v) is 10.2. The number of hydrogen-bond donors (Lipinski definition) is 0. The van der Waals surface area contributed by atoms with Crippen molar-refractivity contribution in [2.24, 2.45) is 0 Å². The Morgan fingerprint density at radius 1 is 1.22 bits per heavy atom. The molecule has 1 amide bonds. The highest BCUT2D eigenvalue weighted by molar-refractivity contribution is 5.76. The highest BCUT2D eigenvalue weighted by atomic mass is 16.6. The van der Waals surface area contributed by atoms with Gasteiger partial charge in [0.15, 0.2) is 0 Å². The average Bonchev–Trinajstić information content (AvgIpc) is 2.90. The fraction of sp³-hybridized carbons (Fsp3) is 0.462. The second-order valence-electron chi connectivity index (χ2n) is 4.51. The molecule has 5 nitrogen and oxygen atoms in total. The van der Waals surface area contributed by atoms with Crippen LogP contribution in [0.2, 0.25) is 0 Å². The topological polar surface area (TPSA) is 63.4 Å². The minimum Gasteiger partial charge on any atom is -0.343 e. The minimum atomic E-state index is -0.417. The average molecular weight is 248 g/mol. The molecule has 1 aliphatic heterocycles. The first-order chi connectivity index (χ1) is 8.66. The predicted octanol–water partition coefficient (Wildman–Crippen LogP) is 2.15. The van der Waals surface area contributed by atoms with Gasteiger partial charge in [-0.3, -0.25) is 14.9 Å². The van der Waals surface area contributed by atoms with Gasteiger partial charge in [-0.25, -0.2) is 0 Å². The summed E-state index contributed by atoms with van der Waals surface area (Å²) in [6, 6.07) is 6.40. The van der Waals surface area contributed by atoms with Gasteiger partial charge in [0.1, 0.15) is 0 Å². The van der Waals surface area contributed by atoms with E-state index in [2.05, 4.69) is 0 Å². The number of benzene rings is 1. The van der Waals surface area contributed by atoms with E-state index in [0.29, 0.717) is 12.8 Å². The number of likely N-dealkylation sites (tertiary alicyclic amines) is 1. The van der Waals surface area contributed by atoms with Crippen molar-refractivity contribution in [2.45, 2.75) is 25.7 Å². The minimum absolute atomic E-state index is 0.0876. The lowest BCUT2D eigenvalue weighted by atomic mass is 10.1. The lowest BCUT2D eigenvalue weighted by Crippen LogP contribution is -2.27. The SMILES string of the molecule is O=C(CCc1ccc([N+](=O)[O-])cc1)N1CCCC1. The van der Waals surface area contributed by atoms with E-state index in [0.717, 1.165) is 31.5 Å². The zero-order valence-electron chi connectivity index (χ0n) is 10.2. The van der Waals surface area contributed by atoms with Gasteiger partial charge in [0.2, 0.25) is 5.91 Å². The van der Waals surface area contributed by atoms with Crippen molar-refractivity contribution in [2.75, 3.05) is 13.1 Å². The van der Waals surface area contributed by atoms with Crippen LogP contribution in [-0.2, 0) is 11.2 Å². The normalized spacial score (nSPS) is 14.8. The van der Waals surface area contributed by atoms with Crippen LogP contribution in [0.15, 0.2) is 24.3 Å². The predicted molar refractivity (Wildman–Crippen MR) is 67.2 cm³/mol. The third kappa shape index (κ3) is 3.06. The molecular weight excluding hydrogens is 232 g/mol. The van der Waals surface area contributed by atoms with Gasteiger partial charge in [-0.1, -0.05) is 12.1 Å². The Balaban J connectivity index is 1.86. The smallest absolute Gasteiger partial charge is 0.269 e. The molecule has 96 valence electrons.